The molecule has 0 atom stereocenters. The zero-order chi connectivity index (χ0) is 18.2. The Kier molecular flexibility index (Phi) is 6.82. The number of nitrogens with one attached hydrogen (secondary N) is 1. The second-order valence-corrected chi connectivity index (χ2v) is 6.35. The molecule has 0 aliphatic rings. The fourth-order valence-corrected chi connectivity index (χ4v) is 3.10. The van der Waals surface area contributed by atoms with Gasteiger partial charge in [0, 0.05) is 31.0 Å². The quantitative estimate of drug-likeness (QED) is 0.783. The molecule has 6 nitrogen and oxygen atoms in total. The summed E-state index contributed by atoms with van der Waals surface area (Å²) in [7, 11) is 3.11. The van der Waals surface area contributed by atoms with Crippen LogP contribution in [0.1, 0.15) is 11.8 Å². The van der Waals surface area contributed by atoms with Gasteiger partial charge < -0.3 is 19.7 Å². The van der Waals surface area contributed by atoms with Crippen molar-refractivity contribution in [2.45, 2.75) is 13.3 Å². The largest absolute Gasteiger partial charge is 0.497 e. The van der Waals surface area contributed by atoms with E-state index in [2.05, 4.69) is 5.32 Å². The van der Waals surface area contributed by atoms with E-state index in [4.69, 9.17) is 9.47 Å². The maximum absolute atomic E-state index is 12.1. The average molecular weight is 362 g/mol. The maximum atomic E-state index is 12.1. The van der Waals surface area contributed by atoms with Gasteiger partial charge in [0.25, 0.3) is 0 Å². The lowest BCUT2D eigenvalue weighted by atomic mass is 10.2. The van der Waals surface area contributed by atoms with E-state index in [-0.39, 0.29) is 11.8 Å². The van der Waals surface area contributed by atoms with E-state index in [0.29, 0.717) is 36.7 Å². The van der Waals surface area contributed by atoms with E-state index in [1.54, 1.807) is 48.7 Å². The van der Waals surface area contributed by atoms with Gasteiger partial charge in [-0.25, -0.2) is 0 Å². The van der Waals surface area contributed by atoms with E-state index < -0.39 is 0 Å². The molecule has 0 fully saturated rings. The monoisotopic (exact) mass is 362 g/mol. The van der Waals surface area contributed by atoms with Gasteiger partial charge in [-0.3, -0.25) is 9.59 Å². The summed E-state index contributed by atoms with van der Waals surface area (Å²) in [6.07, 6.45) is 0.347. The standard InChI is InChI=1S/C18H22N2O4S/c1-13(21)20(16-11-14(23-2)6-7-17(16)24-3)9-8-19-18(22)12-15-5-4-10-25-15/h4-7,10-11H,8-9,12H2,1-3H3,(H,19,22). The Balaban J connectivity index is 2.01. The molecule has 0 saturated heterocycles. The Bertz CT molecular complexity index is 716. The van der Waals surface area contributed by atoms with Crippen LogP contribution in [0.2, 0.25) is 0 Å². The topological polar surface area (TPSA) is 67.9 Å². The fraction of sp³-hybridized carbons (Fsp3) is 0.333. The maximum Gasteiger partial charge on any atom is 0.225 e. The summed E-state index contributed by atoms with van der Waals surface area (Å²) in [6.45, 7) is 2.17. The summed E-state index contributed by atoms with van der Waals surface area (Å²) in [5.41, 5.74) is 0.613. The predicted octanol–water partition coefficient (Wildman–Crippen LogP) is 2.48. The molecule has 1 heterocycles. The second kappa shape index (κ2) is 9.08. The van der Waals surface area contributed by atoms with Crippen molar-refractivity contribution < 1.29 is 19.1 Å². The summed E-state index contributed by atoms with van der Waals surface area (Å²) in [4.78, 5) is 26.6. The molecule has 2 amide bonds. The number of rotatable bonds is 8. The van der Waals surface area contributed by atoms with Crippen molar-refractivity contribution >= 4 is 28.8 Å². The summed E-state index contributed by atoms with van der Waals surface area (Å²) in [5.74, 6) is 0.993. The fourth-order valence-electron chi connectivity index (χ4n) is 2.40. The van der Waals surface area contributed by atoms with E-state index in [1.807, 2.05) is 17.5 Å². The molecule has 7 heteroatoms. The smallest absolute Gasteiger partial charge is 0.225 e. The minimum atomic E-state index is -0.140. The molecule has 1 aromatic heterocycles. The van der Waals surface area contributed by atoms with Crippen molar-refractivity contribution in [2.75, 3.05) is 32.2 Å². The Morgan fingerprint density at radius 1 is 1.20 bits per heavy atom. The van der Waals surface area contributed by atoms with Crippen molar-refractivity contribution in [2.24, 2.45) is 0 Å². The van der Waals surface area contributed by atoms with Crippen LogP contribution in [0.4, 0.5) is 5.69 Å². The van der Waals surface area contributed by atoms with Crippen LogP contribution in [0.25, 0.3) is 0 Å². The number of carbonyl (C=O) groups excluding carboxylic acids is 2. The van der Waals surface area contributed by atoms with E-state index in [9.17, 15) is 9.59 Å². The Morgan fingerprint density at radius 3 is 2.60 bits per heavy atom. The Labute approximate surface area is 151 Å². The molecule has 134 valence electrons. The summed E-state index contributed by atoms with van der Waals surface area (Å²) in [5, 5.41) is 4.78. The normalized spacial score (nSPS) is 10.2. The number of hydrogen-bond acceptors (Lipinski definition) is 5. The predicted molar refractivity (Wildman–Crippen MR) is 98.6 cm³/mol. The highest BCUT2D eigenvalue weighted by Crippen LogP contribution is 2.32. The summed E-state index contributed by atoms with van der Waals surface area (Å²) < 4.78 is 10.6. The number of carbonyl (C=O) groups is 2. The number of anilines is 1. The van der Waals surface area contributed by atoms with Crippen LogP contribution in [-0.4, -0.2) is 39.1 Å². The van der Waals surface area contributed by atoms with E-state index in [0.717, 1.165) is 4.88 Å². The van der Waals surface area contributed by atoms with E-state index >= 15 is 0 Å². The molecule has 0 radical (unpaired) electrons. The highest BCUT2D eigenvalue weighted by atomic mass is 32.1. The molecule has 1 N–H and O–H groups in total. The third-order valence-electron chi connectivity index (χ3n) is 3.63. The minimum absolute atomic E-state index is 0.0661. The van der Waals surface area contributed by atoms with Gasteiger partial charge in [0.05, 0.1) is 26.3 Å². The third kappa shape index (κ3) is 5.22. The molecule has 0 spiro atoms. The zero-order valence-electron chi connectivity index (χ0n) is 14.6. The number of thiophene rings is 1. The molecule has 0 bridgehead atoms. The first-order chi connectivity index (χ1) is 12.0. The van der Waals surface area contributed by atoms with Gasteiger partial charge in [0.1, 0.15) is 11.5 Å². The molecule has 2 rings (SSSR count). The summed E-state index contributed by atoms with van der Waals surface area (Å²) in [6, 6.07) is 9.10. The van der Waals surface area contributed by atoms with Gasteiger partial charge in [-0.1, -0.05) is 6.07 Å². The van der Waals surface area contributed by atoms with Gasteiger partial charge in [0.2, 0.25) is 11.8 Å². The third-order valence-corrected chi connectivity index (χ3v) is 4.51. The van der Waals surface area contributed by atoms with Crippen LogP contribution in [0.3, 0.4) is 0 Å². The lowest BCUT2D eigenvalue weighted by molar-refractivity contribution is -0.120. The Hall–Kier alpha value is -2.54. The number of amides is 2. The van der Waals surface area contributed by atoms with Crippen molar-refractivity contribution in [3.05, 3.63) is 40.6 Å². The van der Waals surface area contributed by atoms with Crippen LogP contribution in [0.5, 0.6) is 11.5 Å². The SMILES string of the molecule is COc1ccc(OC)c(N(CCNC(=O)Cc2cccs2)C(C)=O)c1. The molecular formula is C18H22N2O4S. The van der Waals surface area contributed by atoms with Crippen molar-refractivity contribution in [3.8, 4) is 11.5 Å². The minimum Gasteiger partial charge on any atom is -0.497 e. The van der Waals surface area contributed by atoms with Crippen LogP contribution in [0.15, 0.2) is 35.7 Å². The average Bonchev–Trinajstić information content (AvgIpc) is 3.10. The number of benzene rings is 1. The number of nitrogens with zero attached hydrogens (tertiary/aromatic N) is 1. The first kappa shape index (κ1) is 18.8. The molecule has 0 unspecified atom stereocenters. The van der Waals surface area contributed by atoms with E-state index in [1.165, 1.54) is 6.92 Å². The highest BCUT2D eigenvalue weighted by molar-refractivity contribution is 7.10. The first-order valence-corrected chi connectivity index (χ1v) is 8.72. The van der Waals surface area contributed by atoms with Crippen molar-refractivity contribution in [1.82, 2.24) is 5.32 Å². The number of hydrogen-bond donors (Lipinski definition) is 1. The summed E-state index contributed by atoms with van der Waals surface area (Å²) >= 11 is 1.55. The lowest BCUT2D eigenvalue weighted by Gasteiger charge is -2.24. The molecule has 0 saturated carbocycles. The van der Waals surface area contributed by atoms with Gasteiger partial charge in [-0.15, -0.1) is 11.3 Å². The Morgan fingerprint density at radius 2 is 2.00 bits per heavy atom. The van der Waals surface area contributed by atoms with Crippen LogP contribution >= 0.6 is 11.3 Å². The molecule has 0 aliphatic carbocycles. The van der Waals surface area contributed by atoms with Gasteiger partial charge in [-0.05, 0) is 23.6 Å². The first-order valence-electron chi connectivity index (χ1n) is 7.84. The molecule has 1 aromatic carbocycles. The zero-order valence-corrected chi connectivity index (χ0v) is 15.4. The van der Waals surface area contributed by atoms with Gasteiger partial charge in [-0.2, -0.15) is 0 Å². The molecular weight excluding hydrogens is 340 g/mol. The highest BCUT2D eigenvalue weighted by Gasteiger charge is 2.17. The molecule has 0 aliphatic heterocycles. The van der Waals surface area contributed by atoms with Gasteiger partial charge in [0.15, 0.2) is 0 Å². The van der Waals surface area contributed by atoms with Gasteiger partial charge >= 0.3 is 0 Å². The molecule has 2 aromatic rings. The van der Waals surface area contributed by atoms with Crippen LogP contribution in [0, 0.1) is 0 Å². The lowest BCUT2D eigenvalue weighted by Crippen LogP contribution is -2.38. The van der Waals surface area contributed by atoms with Crippen molar-refractivity contribution in [1.29, 1.82) is 0 Å². The second-order valence-electron chi connectivity index (χ2n) is 5.31. The van der Waals surface area contributed by atoms with Crippen molar-refractivity contribution in [3.63, 3.8) is 0 Å². The van der Waals surface area contributed by atoms with Crippen LogP contribution < -0.4 is 19.7 Å². The van der Waals surface area contributed by atoms with Crippen LogP contribution in [-0.2, 0) is 16.0 Å². The number of ether oxygens (including phenoxy) is 2. The molecule has 25 heavy (non-hydrogen) atoms. The number of methoxy groups -OCH3 is 2.